The van der Waals surface area contributed by atoms with Gasteiger partial charge >= 0.3 is 5.97 Å². The number of halogens is 2. The Morgan fingerprint density at radius 3 is 2.69 bits per heavy atom. The fraction of sp³-hybridized carbons (Fsp3) is 0.227. The van der Waals surface area contributed by atoms with Gasteiger partial charge in [-0.15, -0.1) is 0 Å². The predicted octanol–water partition coefficient (Wildman–Crippen LogP) is 4.54. The summed E-state index contributed by atoms with van der Waals surface area (Å²) in [5.41, 5.74) is 0.994. The first-order valence-corrected chi connectivity index (χ1v) is 10.8. The van der Waals surface area contributed by atoms with Crippen LogP contribution in [0.1, 0.15) is 12.5 Å². The number of para-hydroxylation sites is 1. The Morgan fingerprint density at radius 2 is 2.03 bits per heavy atom. The van der Waals surface area contributed by atoms with Gasteiger partial charge in [0.05, 0.1) is 37.3 Å². The number of nitrogens with zero attached hydrogens (tertiary/aromatic N) is 2. The van der Waals surface area contributed by atoms with E-state index in [0.29, 0.717) is 22.7 Å². The van der Waals surface area contributed by atoms with Crippen molar-refractivity contribution in [2.75, 3.05) is 31.5 Å². The van der Waals surface area contributed by atoms with Crippen LogP contribution in [0.25, 0.3) is 6.08 Å². The molecule has 0 saturated carbocycles. The van der Waals surface area contributed by atoms with Crippen LogP contribution >= 0.6 is 23.4 Å². The normalized spacial score (nSPS) is 14.5. The van der Waals surface area contributed by atoms with E-state index in [4.69, 9.17) is 25.8 Å². The molecule has 1 amide bonds. The molecule has 0 bridgehead atoms. The van der Waals surface area contributed by atoms with Crippen LogP contribution in [0.2, 0.25) is 5.02 Å². The van der Waals surface area contributed by atoms with E-state index in [0.717, 1.165) is 17.8 Å². The lowest BCUT2D eigenvalue weighted by molar-refractivity contribution is -0.139. The molecule has 7 nitrogen and oxygen atoms in total. The number of thioether (sulfide) groups is 1. The number of amides is 1. The summed E-state index contributed by atoms with van der Waals surface area (Å²) in [6.07, 6.45) is 1.56. The Morgan fingerprint density at radius 1 is 1.25 bits per heavy atom. The number of carbonyl (C=O) groups excluding carboxylic acids is 2. The second-order valence-electron chi connectivity index (χ2n) is 6.34. The van der Waals surface area contributed by atoms with Crippen LogP contribution < -0.4 is 14.4 Å². The van der Waals surface area contributed by atoms with Crippen LogP contribution in [0.15, 0.2) is 47.1 Å². The van der Waals surface area contributed by atoms with Gasteiger partial charge in [0.25, 0.3) is 5.91 Å². The van der Waals surface area contributed by atoms with Crippen molar-refractivity contribution in [2.24, 2.45) is 4.99 Å². The molecule has 0 unspecified atom stereocenters. The summed E-state index contributed by atoms with van der Waals surface area (Å²) in [5.74, 6) is -0.650. The third-order valence-electron chi connectivity index (χ3n) is 4.34. The molecule has 0 N–H and O–H groups in total. The fourth-order valence-electron chi connectivity index (χ4n) is 2.94. The number of methoxy groups -OCH3 is 2. The summed E-state index contributed by atoms with van der Waals surface area (Å²) in [6.45, 7) is 1.94. The molecular formula is C22H20ClFN2O5S. The number of ether oxygens (including phenoxy) is 3. The highest BCUT2D eigenvalue weighted by atomic mass is 35.5. The molecule has 0 atom stereocenters. The molecule has 1 heterocycles. The van der Waals surface area contributed by atoms with E-state index >= 15 is 0 Å². The number of amidine groups is 1. The summed E-state index contributed by atoms with van der Waals surface area (Å²) >= 11 is 6.94. The lowest BCUT2D eigenvalue weighted by Gasteiger charge is -2.18. The smallest absolute Gasteiger partial charge is 0.316 e. The zero-order chi connectivity index (χ0) is 23.3. The number of rotatable bonds is 7. The maximum Gasteiger partial charge on any atom is 0.316 e. The Balaban J connectivity index is 2.02. The first-order chi connectivity index (χ1) is 15.4. The highest BCUT2D eigenvalue weighted by molar-refractivity contribution is 8.14. The zero-order valence-corrected chi connectivity index (χ0v) is 19.1. The van der Waals surface area contributed by atoms with Crippen molar-refractivity contribution in [3.63, 3.8) is 0 Å². The summed E-state index contributed by atoms with van der Waals surface area (Å²) in [5, 5.41) is 0.0933. The number of hydrogen-bond acceptors (Lipinski definition) is 7. The molecule has 2 aromatic rings. The molecule has 0 fully saturated rings. The number of anilines is 1. The number of aliphatic imine (C=N–C) groups is 1. The van der Waals surface area contributed by atoms with Crippen molar-refractivity contribution in [1.29, 1.82) is 0 Å². The Kier molecular flexibility index (Phi) is 7.76. The molecule has 0 aromatic heterocycles. The summed E-state index contributed by atoms with van der Waals surface area (Å²) in [7, 11) is 3.00. The second-order valence-corrected chi connectivity index (χ2v) is 7.69. The minimum atomic E-state index is -0.614. The molecule has 0 saturated heterocycles. The molecule has 32 heavy (non-hydrogen) atoms. The third-order valence-corrected chi connectivity index (χ3v) is 5.54. The highest BCUT2D eigenvalue weighted by Gasteiger charge is 2.33. The first-order valence-electron chi connectivity index (χ1n) is 9.48. The van der Waals surface area contributed by atoms with Crippen LogP contribution in [0.5, 0.6) is 11.5 Å². The monoisotopic (exact) mass is 478 g/mol. The molecule has 10 heteroatoms. The zero-order valence-electron chi connectivity index (χ0n) is 17.6. The largest absolute Gasteiger partial charge is 0.493 e. The van der Waals surface area contributed by atoms with E-state index in [1.165, 1.54) is 31.3 Å². The van der Waals surface area contributed by atoms with Gasteiger partial charge in [0.2, 0.25) is 0 Å². The van der Waals surface area contributed by atoms with E-state index in [2.05, 4.69) is 4.99 Å². The number of hydrogen-bond donors (Lipinski definition) is 0. The summed E-state index contributed by atoms with van der Waals surface area (Å²) in [4.78, 5) is 30.8. The minimum absolute atomic E-state index is 0.0544. The van der Waals surface area contributed by atoms with Crippen molar-refractivity contribution in [3.05, 3.63) is 58.5 Å². The van der Waals surface area contributed by atoms with Crippen LogP contribution in [0.4, 0.5) is 10.1 Å². The lowest BCUT2D eigenvalue weighted by atomic mass is 10.1. The van der Waals surface area contributed by atoms with Gasteiger partial charge in [-0.3, -0.25) is 14.5 Å². The standard InChI is InChI=1S/C22H20ClFN2O5S/c1-4-31-19(27)12-32-22-25-17(10-13-6-5-7-18(29-2)20(13)30-3)21(28)26(22)14-8-9-16(24)15(23)11-14/h5-11H,4,12H2,1-3H3/b17-10+. The number of carbonyl (C=O) groups is 2. The second kappa shape index (κ2) is 10.5. The van der Waals surface area contributed by atoms with E-state index in [1.54, 1.807) is 31.2 Å². The molecule has 1 aliphatic rings. The van der Waals surface area contributed by atoms with Gasteiger partial charge < -0.3 is 14.2 Å². The number of esters is 1. The average molecular weight is 479 g/mol. The van der Waals surface area contributed by atoms with E-state index in [1.807, 2.05) is 0 Å². The van der Waals surface area contributed by atoms with Gasteiger partial charge in [0.15, 0.2) is 16.7 Å². The van der Waals surface area contributed by atoms with Gasteiger partial charge in [0.1, 0.15) is 11.5 Å². The molecule has 0 aliphatic carbocycles. The molecule has 1 aliphatic heterocycles. The van der Waals surface area contributed by atoms with Crippen molar-refractivity contribution in [1.82, 2.24) is 0 Å². The van der Waals surface area contributed by atoms with Crippen molar-refractivity contribution >= 4 is 52.2 Å². The SMILES string of the molecule is CCOC(=O)CSC1=N/C(=C/c2cccc(OC)c2OC)C(=O)N1c1ccc(F)c(Cl)c1. The maximum absolute atomic E-state index is 13.7. The topological polar surface area (TPSA) is 77.4 Å². The van der Waals surface area contributed by atoms with Gasteiger partial charge in [0, 0.05) is 5.56 Å². The highest BCUT2D eigenvalue weighted by Crippen LogP contribution is 2.35. The lowest BCUT2D eigenvalue weighted by Crippen LogP contribution is -2.31. The van der Waals surface area contributed by atoms with Gasteiger partial charge in [-0.2, -0.15) is 0 Å². The molecular weight excluding hydrogens is 459 g/mol. The molecule has 3 rings (SSSR count). The number of benzene rings is 2. The van der Waals surface area contributed by atoms with E-state index in [9.17, 15) is 14.0 Å². The molecule has 0 radical (unpaired) electrons. The van der Waals surface area contributed by atoms with Crippen molar-refractivity contribution in [3.8, 4) is 11.5 Å². The van der Waals surface area contributed by atoms with Gasteiger partial charge in [-0.25, -0.2) is 9.38 Å². The van der Waals surface area contributed by atoms with Gasteiger partial charge in [-0.05, 0) is 37.3 Å². The van der Waals surface area contributed by atoms with Crippen molar-refractivity contribution in [2.45, 2.75) is 6.92 Å². The minimum Gasteiger partial charge on any atom is -0.493 e. The summed E-state index contributed by atoms with van der Waals surface area (Å²) in [6, 6.07) is 9.13. The Bertz CT molecular complexity index is 1110. The summed E-state index contributed by atoms with van der Waals surface area (Å²) < 4.78 is 29.3. The van der Waals surface area contributed by atoms with Crippen LogP contribution in [-0.2, 0) is 14.3 Å². The van der Waals surface area contributed by atoms with Crippen LogP contribution in [0, 0.1) is 5.82 Å². The third kappa shape index (κ3) is 5.05. The maximum atomic E-state index is 13.7. The van der Waals surface area contributed by atoms with Crippen LogP contribution in [0.3, 0.4) is 0 Å². The molecule has 168 valence electrons. The quantitative estimate of drug-likeness (QED) is 0.429. The fourth-order valence-corrected chi connectivity index (χ4v) is 3.93. The first kappa shape index (κ1) is 23.6. The average Bonchev–Trinajstić information content (AvgIpc) is 3.09. The van der Waals surface area contributed by atoms with E-state index < -0.39 is 17.7 Å². The van der Waals surface area contributed by atoms with Gasteiger partial charge in [-0.1, -0.05) is 35.5 Å². The van der Waals surface area contributed by atoms with Crippen LogP contribution in [-0.4, -0.2) is 43.6 Å². The van der Waals surface area contributed by atoms with E-state index in [-0.39, 0.29) is 28.2 Å². The Hall–Kier alpha value is -3.04. The van der Waals surface area contributed by atoms with Crippen molar-refractivity contribution < 1.29 is 28.2 Å². The molecule has 0 spiro atoms. The Labute approximate surface area is 193 Å². The predicted molar refractivity (Wildman–Crippen MR) is 123 cm³/mol. The molecule has 2 aromatic carbocycles.